The first-order valence-electron chi connectivity index (χ1n) is 15.2. The molecule has 45 heavy (non-hydrogen) atoms. The van der Waals surface area contributed by atoms with Crippen LogP contribution in [-0.4, -0.2) is 47.2 Å². The quantitative estimate of drug-likeness (QED) is 0.309. The van der Waals surface area contributed by atoms with Gasteiger partial charge in [0.15, 0.2) is 11.5 Å². The molecular weight excluding hydrogens is 583 g/mol. The summed E-state index contributed by atoms with van der Waals surface area (Å²) in [7, 11) is 1.36. The number of pyridine rings is 1. The minimum Gasteiger partial charge on any atom is -0.494 e. The number of carbonyl (C=O) groups excluding carboxylic acids is 1. The fraction of sp³-hybridized carbons (Fsp3) is 0.412. The third-order valence-corrected chi connectivity index (χ3v) is 9.72. The summed E-state index contributed by atoms with van der Waals surface area (Å²) in [5, 5.41) is 0.340. The molecule has 4 heterocycles. The number of aliphatic imine (C=N–C) groups is 1. The van der Waals surface area contributed by atoms with Gasteiger partial charge in [-0.05, 0) is 72.8 Å². The van der Waals surface area contributed by atoms with Gasteiger partial charge in [0.05, 0.1) is 7.11 Å². The second-order valence-corrected chi connectivity index (χ2v) is 13.0. The number of benzene rings is 1. The number of likely N-dealkylation sites (tertiary alicyclic amines) is 1. The molecule has 1 amide bonds. The fourth-order valence-electron chi connectivity index (χ4n) is 6.69. The third kappa shape index (κ3) is 5.26. The number of methoxy groups -OCH3 is 1. The summed E-state index contributed by atoms with van der Waals surface area (Å²) in [5.74, 6) is 1.62. The van der Waals surface area contributed by atoms with Crippen molar-refractivity contribution in [3.05, 3.63) is 77.5 Å². The van der Waals surface area contributed by atoms with Crippen LogP contribution in [0.3, 0.4) is 0 Å². The molecule has 7 rings (SSSR count). The largest absolute Gasteiger partial charge is 0.494 e. The van der Waals surface area contributed by atoms with Gasteiger partial charge in [0, 0.05) is 36.0 Å². The van der Waals surface area contributed by atoms with Gasteiger partial charge in [-0.25, -0.2) is 9.97 Å². The third-order valence-electron chi connectivity index (χ3n) is 9.72. The lowest BCUT2D eigenvalue weighted by molar-refractivity contribution is -0.140. The average Bonchev–Trinajstić information content (AvgIpc) is 3.77. The van der Waals surface area contributed by atoms with E-state index >= 15 is 0 Å². The van der Waals surface area contributed by atoms with Crippen molar-refractivity contribution in [1.29, 1.82) is 0 Å². The van der Waals surface area contributed by atoms with E-state index in [1.54, 1.807) is 23.1 Å². The first-order valence-corrected chi connectivity index (χ1v) is 15.2. The first kappa shape index (κ1) is 29.5. The van der Waals surface area contributed by atoms with E-state index in [0.29, 0.717) is 41.8 Å². The number of aromatic nitrogens is 2. The Bertz CT molecular complexity index is 1800. The molecule has 0 bridgehead atoms. The number of nitrogens with two attached hydrogens (primary N) is 1. The maximum atomic E-state index is 13.9. The Morgan fingerprint density at radius 1 is 1.11 bits per heavy atom. The molecule has 0 radical (unpaired) electrons. The maximum absolute atomic E-state index is 13.9. The number of amides is 1. The zero-order valence-corrected chi connectivity index (χ0v) is 25.3. The highest BCUT2D eigenvalue weighted by Gasteiger charge is 2.55. The molecule has 2 aromatic heterocycles. The minimum absolute atomic E-state index is 0.00654. The molecule has 0 spiro atoms. The van der Waals surface area contributed by atoms with Crippen molar-refractivity contribution in [2.45, 2.75) is 44.8 Å². The number of hydrogen-bond donors (Lipinski definition) is 1. The van der Waals surface area contributed by atoms with Gasteiger partial charge in [-0.1, -0.05) is 38.2 Å². The molecule has 11 heteroatoms. The lowest BCUT2D eigenvalue weighted by Crippen LogP contribution is -2.39. The number of rotatable bonds is 6. The lowest BCUT2D eigenvalue weighted by Gasteiger charge is -2.32. The van der Waals surface area contributed by atoms with Crippen molar-refractivity contribution < 1.29 is 27.1 Å². The Kier molecular flexibility index (Phi) is 6.81. The molecule has 2 fully saturated rings. The summed E-state index contributed by atoms with van der Waals surface area (Å²) in [5.41, 5.74) is 6.20. The van der Waals surface area contributed by atoms with E-state index in [-0.39, 0.29) is 39.9 Å². The second kappa shape index (κ2) is 10.4. The van der Waals surface area contributed by atoms with Crippen LogP contribution in [0, 0.1) is 23.2 Å². The predicted octanol–water partition coefficient (Wildman–Crippen LogP) is 6.68. The first-order chi connectivity index (χ1) is 21.4. The molecule has 1 saturated heterocycles. The molecule has 2 aliphatic heterocycles. The van der Waals surface area contributed by atoms with Crippen LogP contribution in [0.2, 0.25) is 0 Å². The molecule has 2 atom stereocenters. The lowest BCUT2D eigenvalue weighted by atomic mass is 9.91. The van der Waals surface area contributed by atoms with Gasteiger partial charge in [-0.2, -0.15) is 13.2 Å². The summed E-state index contributed by atoms with van der Waals surface area (Å²) in [6, 6.07) is 5.34. The summed E-state index contributed by atoms with van der Waals surface area (Å²) in [6.45, 7) is 5.69. The molecule has 2 unspecified atom stereocenters. The molecule has 234 valence electrons. The number of fused-ring (bicyclic) bond motifs is 2. The molecule has 2 N–H and O–H groups in total. The van der Waals surface area contributed by atoms with Crippen molar-refractivity contribution in [3.8, 4) is 17.2 Å². The van der Waals surface area contributed by atoms with Gasteiger partial charge in [-0.15, -0.1) is 0 Å². The number of oxazole rings is 1. The smallest absolute Gasteiger partial charge is 0.433 e. The zero-order chi connectivity index (χ0) is 31.7. The Labute approximate surface area is 258 Å². The van der Waals surface area contributed by atoms with E-state index in [0.717, 1.165) is 31.0 Å². The van der Waals surface area contributed by atoms with E-state index in [2.05, 4.69) is 42.0 Å². The number of alkyl halides is 3. The average molecular weight is 618 g/mol. The van der Waals surface area contributed by atoms with Crippen molar-refractivity contribution in [2.75, 3.05) is 20.2 Å². The van der Waals surface area contributed by atoms with E-state index in [4.69, 9.17) is 19.9 Å². The summed E-state index contributed by atoms with van der Waals surface area (Å²) >= 11 is 0. The van der Waals surface area contributed by atoms with Crippen molar-refractivity contribution in [3.63, 3.8) is 0 Å². The molecular formula is C34H34F3N5O3. The van der Waals surface area contributed by atoms with Crippen LogP contribution in [-0.2, 0) is 11.7 Å². The number of nitrogens with zero attached hydrogens (tertiary/aromatic N) is 4. The van der Waals surface area contributed by atoms with Crippen molar-refractivity contribution in [1.82, 2.24) is 14.9 Å². The highest BCUT2D eigenvalue weighted by molar-refractivity contribution is 5.98. The summed E-state index contributed by atoms with van der Waals surface area (Å²) < 4.78 is 51.8. The van der Waals surface area contributed by atoms with Crippen LogP contribution < -0.4 is 10.5 Å². The molecule has 2 aliphatic carbocycles. The van der Waals surface area contributed by atoms with Crippen LogP contribution in [0.25, 0.3) is 22.4 Å². The topological polar surface area (TPSA) is 107 Å². The Balaban J connectivity index is 1.13. The van der Waals surface area contributed by atoms with Gasteiger partial charge < -0.3 is 19.8 Å². The van der Waals surface area contributed by atoms with E-state index < -0.39 is 17.4 Å². The van der Waals surface area contributed by atoms with Crippen LogP contribution in [0.15, 0.2) is 69.8 Å². The van der Waals surface area contributed by atoms with Gasteiger partial charge in [0.1, 0.15) is 22.5 Å². The number of allylic oxidation sites excluding steroid dienone is 4. The van der Waals surface area contributed by atoms with Crippen LogP contribution in [0.1, 0.15) is 55.1 Å². The molecule has 4 aliphatic rings. The highest BCUT2D eigenvalue weighted by atomic mass is 19.4. The maximum Gasteiger partial charge on any atom is 0.433 e. The number of hydrogen-bond acceptors (Lipinski definition) is 7. The minimum atomic E-state index is -4.63. The summed E-state index contributed by atoms with van der Waals surface area (Å²) in [4.78, 5) is 28.8. The number of carbonyl (C=O) groups is 1. The highest BCUT2D eigenvalue weighted by Crippen LogP contribution is 2.60. The molecule has 1 saturated carbocycles. The Morgan fingerprint density at radius 3 is 2.56 bits per heavy atom. The van der Waals surface area contributed by atoms with Crippen molar-refractivity contribution >= 4 is 23.0 Å². The van der Waals surface area contributed by atoms with E-state index in [1.165, 1.54) is 19.2 Å². The molecule has 3 aromatic rings. The van der Waals surface area contributed by atoms with Gasteiger partial charge in [0.2, 0.25) is 5.89 Å². The van der Waals surface area contributed by atoms with Crippen LogP contribution >= 0.6 is 0 Å². The van der Waals surface area contributed by atoms with Crippen LogP contribution in [0.4, 0.5) is 13.2 Å². The normalized spacial score (nSPS) is 23.4. The van der Waals surface area contributed by atoms with Crippen LogP contribution in [0.5, 0.6) is 5.75 Å². The number of piperidine rings is 1. The monoisotopic (exact) mass is 617 g/mol. The molecule has 1 aromatic carbocycles. The second-order valence-electron chi connectivity index (χ2n) is 13.0. The number of ether oxygens (including phenoxy) is 1. The van der Waals surface area contributed by atoms with Crippen molar-refractivity contribution in [2.24, 2.45) is 33.9 Å². The van der Waals surface area contributed by atoms with E-state index in [1.807, 2.05) is 6.21 Å². The van der Waals surface area contributed by atoms with E-state index in [9.17, 15) is 18.0 Å². The zero-order valence-electron chi connectivity index (χ0n) is 25.3. The fourth-order valence-corrected chi connectivity index (χ4v) is 6.69. The summed E-state index contributed by atoms with van der Waals surface area (Å²) in [6.07, 6.45) is 9.83. The number of halogens is 3. The Morgan fingerprint density at radius 2 is 1.87 bits per heavy atom. The SMILES string of the molecule is COc1ccc(-c2nc(C(=O)N3CCC(CC4=CC5C(C=CC=N4)C5(C)C)CC3)c(C3(N)C=C3)o2)c2ccc(C(F)(F)F)nc12. The Hall–Kier alpha value is -4.25. The standard InChI is InChI=1S/C34H34F3N5O3/c1-32(2)23-5-4-14-39-20(18-24(23)32)17-19-10-15-42(16-11-19)31(43)28-29(33(38)12-13-33)45-30(41-28)22-6-8-25(44-3)27-21(22)7-9-26(40-27)34(35,36)37/h4-9,12-14,18-19,23-24H,10-11,15-17,38H2,1-3H3. The van der Waals surface area contributed by atoms with Gasteiger partial charge in [0.25, 0.3) is 5.91 Å². The van der Waals surface area contributed by atoms with Gasteiger partial charge >= 0.3 is 6.18 Å². The molecule has 8 nitrogen and oxygen atoms in total. The van der Waals surface area contributed by atoms with Gasteiger partial charge in [-0.3, -0.25) is 9.79 Å². The predicted molar refractivity (Wildman–Crippen MR) is 164 cm³/mol.